The lowest BCUT2D eigenvalue weighted by atomic mass is 10.2. The summed E-state index contributed by atoms with van der Waals surface area (Å²) in [4.78, 5) is 11.2. The fraction of sp³-hybridized carbons (Fsp3) is 0.889. The van der Waals surface area contributed by atoms with Gasteiger partial charge in [-0.25, -0.2) is 8.42 Å². The molecule has 88 valence electrons. The Bertz CT molecular complexity index is 321. The first-order chi connectivity index (χ1) is 6.88. The normalized spacial score (nSPS) is 18.5. The van der Waals surface area contributed by atoms with Crippen molar-refractivity contribution in [2.75, 3.05) is 18.6 Å². The van der Waals surface area contributed by atoms with Gasteiger partial charge in [-0.3, -0.25) is 4.79 Å². The van der Waals surface area contributed by atoms with Crippen LogP contribution >= 0.6 is 0 Å². The van der Waals surface area contributed by atoms with E-state index in [4.69, 9.17) is 0 Å². The Morgan fingerprint density at radius 2 is 2.13 bits per heavy atom. The summed E-state index contributed by atoms with van der Waals surface area (Å²) in [6, 6.07) is 0. The van der Waals surface area contributed by atoms with Crippen molar-refractivity contribution in [2.45, 2.75) is 25.4 Å². The van der Waals surface area contributed by atoms with Gasteiger partial charge < -0.3 is 10.4 Å². The standard InChI is InChI=1S/C9H17NO4S/c1-15(13,14)5-4-9(12)10-6-8(11)7-2-3-7/h7-8,11H,2-6H2,1H3,(H,10,12). The molecule has 0 bridgehead atoms. The lowest BCUT2D eigenvalue weighted by molar-refractivity contribution is -0.121. The summed E-state index contributed by atoms with van der Waals surface area (Å²) in [7, 11) is -3.09. The second kappa shape index (κ2) is 4.94. The first-order valence-electron chi connectivity index (χ1n) is 5.01. The molecule has 0 saturated heterocycles. The molecular formula is C9H17NO4S. The number of carbonyl (C=O) groups is 1. The summed E-state index contributed by atoms with van der Waals surface area (Å²) in [5.41, 5.74) is 0. The molecule has 1 aliphatic rings. The molecule has 0 aromatic carbocycles. The second-order valence-corrected chi connectivity index (χ2v) is 6.35. The van der Waals surface area contributed by atoms with E-state index in [-0.39, 0.29) is 24.6 Å². The molecule has 1 fully saturated rings. The van der Waals surface area contributed by atoms with Crippen LogP contribution in [-0.2, 0) is 14.6 Å². The molecule has 0 spiro atoms. The van der Waals surface area contributed by atoms with E-state index in [9.17, 15) is 18.3 Å². The van der Waals surface area contributed by atoms with Gasteiger partial charge in [0, 0.05) is 19.2 Å². The average molecular weight is 235 g/mol. The van der Waals surface area contributed by atoms with Crippen LogP contribution in [0.3, 0.4) is 0 Å². The molecule has 1 unspecified atom stereocenters. The van der Waals surface area contributed by atoms with Crippen molar-refractivity contribution in [1.29, 1.82) is 0 Å². The molecule has 1 saturated carbocycles. The molecule has 0 heterocycles. The maximum absolute atomic E-state index is 11.2. The number of aliphatic hydroxyl groups excluding tert-OH is 1. The molecule has 0 aromatic heterocycles. The molecule has 0 radical (unpaired) electrons. The fourth-order valence-corrected chi connectivity index (χ4v) is 1.79. The van der Waals surface area contributed by atoms with Gasteiger partial charge in [0.1, 0.15) is 9.84 Å². The Morgan fingerprint density at radius 1 is 1.53 bits per heavy atom. The van der Waals surface area contributed by atoms with Gasteiger partial charge in [-0.2, -0.15) is 0 Å². The van der Waals surface area contributed by atoms with E-state index < -0.39 is 15.9 Å². The van der Waals surface area contributed by atoms with Crippen molar-refractivity contribution < 1.29 is 18.3 Å². The molecule has 1 rings (SSSR count). The summed E-state index contributed by atoms with van der Waals surface area (Å²) in [6.07, 6.45) is 2.61. The maximum atomic E-state index is 11.2. The fourth-order valence-electron chi connectivity index (χ4n) is 1.23. The minimum Gasteiger partial charge on any atom is -0.391 e. The maximum Gasteiger partial charge on any atom is 0.221 e. The van der Waals surface area contributed by atoms with Gasteiger partial charge in [0.2, 0.25) is 5.91 Å². The topological polar surface area (TPSA) is 83.5 Å². The Morgan fingerprint density at radius 3 is 2.60 bits per heavy atom. The third kappa shape index (κ3) is 5.74. The highest BCUT2D eigenvalue weighted by Gasteiger charge is 2.29. The van der Waals surface area contributed by atoms with E-state index in [0.29, 0.717) is 5.92 Å². The quantitative estimate of drug-likeness (QED) is 0.638. The van der Waals surface area contributed by atoms with Crippen molar-refractivity contribution in [2.24, 2.45) is 5.92 Å². The summed E-state index contributed by atoms with van der Waals surface area (Å²) in [5.74, 6) is -0.140. The van der Waals surface area contributed by atoms with Gasteiger partial charge in [0.15, 0.2) is 0 Å². The van der Waals surface area contributed by atoms with Gasteiger partial charge in [0.05, 0.1) is 11.9 Å². The van der Waals surface area contributed by atoms with Crippen LogP contribution in [0.15, 0.2) is 0 Å². The zero-order chi connectivity index (χ0) is 11.5. The van der Waals surface area contributed by atoms with Gasteiger partial charge in [-0.05, 0) is 18.8 Å². The molecule has 2 N–H and O–H groups in total. The molecule has 0 aliphatic heterocycles. The van der Waals surface area contributed by atoms with E-state index in [1.165, 1.54) is 0 Å². The SMILES string of the molecule is CS(=O)(=O)CCC(=O)NCC(O)C1CC1. The van der Waals surface area contributed by atoms with E-state index in [1.807, 2.05) is 0 Å². The van der Waals surface area contributed by atoms with Crippen LogP contribution in [0.4, 0.5) is 0 Å². The zero-order valence-electron chi connectivity index (χ0n) is 8.77. The molecular weight excluding hydrogens is 218 g/mol. The third-order valence-electron chi connectivity index (χ3n) is 2.37. The number of aliphatic hydroxyl groups is 1. The third-order valence-corrected chi connectivity index (χ3v) is 3.32. The van der Waals surface area contributed by atoms with Crippen molar-refractivity contribution in [3.05, 3.63) is 0 Å². The number of nitrogens with one attached hydrogen (secondary N) is 1. The highest BCUT2D eigenvalue weighted by atomic mass is 32.2. The Hall–Kier alpha value is -0.620. The van der Waals surface area contributed by atoms with Crippen molar-refractivity contribution in [3.8, 4) is 0 Å². The second-order valence-electron chi connectivity index (χ2n) is 4.09. The van der Waals surface area contributed by atoms with Crippen LogP contribution in [-0.4, -0.2) is 44.1 Å². The van der Waals surface area contributed by atoms with Crippen LogP contribution in [0.1, 0.15) is 19.3 Å². The van der Waals surface area contributed by atoms with Crippen LogP contribution < -0.4 is 5.32 Å². The molecule has 1 amide bonds. The van der Waals surface area contributed by atoms with E-state index >= 15 is 0 Å². The minimum atomic E-state index is -3.09. The van der Waals surface area contributed by atoms with Crippen LogP contribution in [0.2, 0.25) is 0 Å². The minimum absolute atomic E-state index is 0.0315. The highest BCUT2D eigenvalue weighted by molar-refractivity contribution is 7.90. The summed E-state index contributed by atoms with van der Waals surface area (Å²) in [6.45, 7) is 0.229. The van der Waals surface area contributed by atoms with E-state index in [0.717, 1.165) is 19.1 Å². The van der Waals surface area contributed by atoms with Gasteiger partial charge in [-0.1, -0.05) is 0 Å². The lowest BCUT2D eigenvalue weighted by Crippen LogP contribution is -2.33. The van der Waals surface area contributed by atoms with Gasteiger partial charge in [0.25, 0.3) is 0 Å². The summed E-state index contributed by atoms with van der Waals surface area (Å²) < 4.78 is 21.5. The Kier molecular flexibility index (Phi) is 4.10. The Balaban J connectivity index is 2.13. The number of amides is 1. The lowest BCUT2D eigenvalue weighted by Gasteiger charge is -2.10. The Labute approximate surface area is 89.8 Å². The first-order valence-corrected chi connectivity index (χ1v) is 7.07. The molecule has 0 aromatic rings. The molecule has 1 aliphatic carbocycles. The molecule has 5 nitrogen and oxygen atoms in total. The average Bonchev–Trinajstić information content (AvgIpc) is 2.92. The summed E-state index contributed by atoms with van der Waals surface area (Å²) in [5, 5.41) is 12.0. The number of carbonyl (C=O) groups excluding carboxylic acids is 1. The van der Waals surface area contributed by atoms with E-state index in [1.54, 1.807) is 0 Å². The monoisotopic (exact) mass is 235 g/mol. The first kappa shape index (κ1) is 12.4. The molecule has 1 atom stereocenters. The number of rotatable bonds is 6. The number of hydrogen-bond donors (Lipinski definition) is 2. The largest absolute Gasteiger partial charge is 0.391 e. The predicted molar refractivity (Wildman–Crippen MR) is 56.1 cm³/mol. The predicted octanol–water partition coefficient (Wildman–Crippen LogP) is -0.692. The highest BCUT2D eigenvalue weighted by Crippen LogP contribution is 2.32. The van der Waals surface area contributed by atoms with Crippen molar-refractivity contribution in [3.63, 3.8) is 0 Å². The van der Waals surface area contributed by atoms with Gasteiger partial charge >= 0.3 is 0 Å². The van der Waals surface area contributed by atoms with Crippen LogP contribution in [0, 0.1) is 5.92 Å². The summed E-state index contributed by atoms with van der Waals surface area (Å²) >= 11 is 0. The molecule has 6 heteroatoms. The smallest absolute Gasteiger partial charge is 0.221 e. The number of hydrogen-bond acceptors (Lipinski definition) is 4. The van der Waals surface area contributed by atoms with Gasteiger partial charge in [-0.15, -0.1) is 0 Å². The zero-order valence-corrected chi connectivity index (χ0v) is 9.59. The van der Waals surface area contributed by atoms with Crippen LogP contribution in [0.5, 0.6) is 0 Å². The number of sulfone groups is 1. The van der Waals surface area contributed by atoms with E-state index in [2.05, 4.69) is 5.32 Å². The van der Waals surface area contributed by atoms with Crippen molar-refractivity contribution in [1.82, 2.24) is 5.32 Å². The van der Waals surface area contributed by atoms with Crippen molar-refractivity contribution >= 4 is 15.7 Å². The van der Waals surface area contributed by atoms with Crippen LogP contribution in [0.25, 0.3) is 0 Å². The molecule has 15 heavy (non-hydrogen) atoms.